The maximum atomic E-state index is 12.3. The van der Waals surface area contributed by atoms with Crippen LogP contribution in [0.1, 0.15) is 0 Å². The van der Waals surface area contributed by atoms with Gasteiger partial charge in [-0.05, 0) is 49.3 Å². The predicted octanol–water partition coefficient (Wildman–Crippen LogP) is 4.15. The SMILES string of the molecule is CN(C)CCOc1ccc2[nH]c(=O)c3sccc3c2c1-c1[c]cccc1. The Morgan fingerprint density at radius 3 is 2.85 bits per heavy atom. The zero-order valence-electron chi connectivity index (χ0n) is 14.7. The lowest BCUT2D eigenvalue weighted by Gasteiger charge is -2.16. The number of thiophene rings is 1. The number of likely N-dealkylation sites (N-methyl/N-ethyl adjacent to an activating group) is 1. The maximum Gasteiger partial charge on any atom is 0.266 e. The van der Waals surface area contributed by atoms with Crippen molar-refractivity contribution < 1.29 is 4.74 Å². The van der Waals surface area contributed by atoms with Gasteiger partial charge in [-0.2, -0.15) is 0 Å². The summed E-state index contributed by atoms with van der Waals surface area (Å²) in [4.78, 5) is 17.4. The van der Waals surface area contributed by atoms with E-state index >= 15 is 0 Å². The number of rotatable bonds is 5. The van der Waals surface area contributed by atoms with Crippen molar-refractivity contribution in [2.45, 2.75) is 0 Å². The van der Waals surface area contributed by atoms with Crippen LogP contribution in [0.5, 0.6) is 5.75 Å². The van der Waals surface area contributed by atoms with Crippen LogP contribution in [0, 0.1) is 6.07 Å². The third kappa shape index (κ3) is 3.00. The first-order valence-corrected chi connectivity index (χ1v) is 9.34. The van der Waals surface area contributed by atoms with E-state index in [0.717, 1.165) is 44.4 Å². The molecule has 0 unspecified atom stereocenters. The number of hydrogen-bond acceptors (Lipinski definition) is 4. The van der Waals surface area contributed by atoms with Gasteiger partial charge in [0.25, 0.3) is 5.56 Å². The van der Waals surface area contributed by atoms with Crippen LogP contribution in [0.25, 0.3) is 32.1 Å². The van der Waals surface area contributed by atoms with Crippen LogP contribution < -0.4 is 10.3 Å². The molecule has 2 heterocycles. The monoisotopic (exact) mass is 363 g/mol. The molecule has 0 saturated heterocycles. The molecule has 0 aliphatic carbocycles. The Bertz CT molecular complexity index is 1110. The summed E-state index contributed by atoms with van der Waals surface area (Å²) in [6, 6.07) is 17.0. The van der Waals surface area contributed by atoms with E-state index < -0.39 is 0 Å². The second kappa shape index (κ2) is 6.94. The average Bonchev–Trinajstić information content (AvgIpc) is 3.13. The van der Waals surface area contributed by atoms with Gasteiger partial charge in [-0.3, -0.25) is 4.79 Å². The predicted molar refractivity (Wildman–Crippen MR) is 108 cm³/mol. The van der Waals surface area contributed by atoms with Gasteiger partial charge in [0.1, 0.15) is 17.1 Å². The third-order valence-corrected chi connectivity index (χ3v) is 5.24. The molecule has 4 rings (SSSR count). The number of aromatic amines is 1. The van der Waals surface area contributed by atoms with Crippen LogP contribution in [0.3, 0.4) is 0 Å². The van der Waals surface area contributed by atoms with Gasteiger partial charge in [0.05, 0.1) is 0 Å². The molecule has 0 atom stereocenters. The summed E-state index contributed by atoms with van der Waals surface area (Å²) in [5.74, 6) is 0.807. The van der Waals surface area contributed by atoms with Crippen LogP contribution in [0.4, 0.5) is 0 Å². The van der Waals surface area contributed by atoms with E-state index in [1.807, 2.05) is 61.9 Å². The summed E-state index contributed by atoms with van der Waals surface area (Å²) in [6.45, 7) is 1.42. The molecule has 2 aromatic carbocycles. The number of nitrogens with one attached hydrogen (secondary N) is 1. The van der Waals surface area contributed by atoms with Gasteiger partial charge in [0.15, 0.2) is 0 Å². The van der Waals surface area contributed by atoms with E-state index in [2.05, 4.69) is 16.0 Å². The fourth-order valence-corrected chi connectivity index (χ4v) is 3.90. The minimum atomic E-state index is -0.0493. The van der Waals surface area contributed by atoms with E-state index in [9.17, 15) is 4.79 Å². The molecule has 2 aromatic heterocycles. The van der Waals surface area contributed by atoms with E-state index in [1.54, 1.807) is 0 Å². The highest BCUT2D eigenvalue weighted by atomic mass is 32.1. The highest BCUT2D eigenvalue weighted by molar-refractivity contribution is 7.17. The highest BCUT2D eigenvalue weighted by Crippen LogP contribution is 2.39. The molecule has 0 saturated carbocycles. The Morgan fingerprint density at radius 2 is 2.08 bits per heavy atom. The number of nitrogens with zero attached hydrogens (tertiary/aromatic N) is 1. The Morgan fingerprint density at radius 1 is 1.19 bits per heavy atom. The maximum absolute atomic E-state index is 12.3. The fraction of sp³-hybridized carbons (Fsp3) is 0.190. The zero-order chi connectivity index (χ0) is 18.1. The fourth-order valence-electron chi connectivity index (χ4n) is 3.10. The first-order chi connectivity index (χ1) is 12.6. The van der Waals surface area contributed by atoms with Crippen molar-refractivity contribution in [3.05, 3.63) is 64.3 Å². The number of ether oxygens (including phenoxy) is 1. The topological polar surface area (TPSA) is 45.3 Å². The molecule has 4 aromatic rings. The standard InChI is InChI=1S/C21H19N2O2S/c1-23(2)11-12-25-17-9-8-16-19(18(17)14-6-4-3-5-7-14)15-10-13-26-20(15)21(24)22-16/h3-6,8-10,13H,11-12H2,1-2H3,(H,22,24). The lowest BCUT2D eigenvalue weighted by molar-refractivity contribution is 0.262. The number of aromatic nitrogens is 1. The van der Waals surface area contributed by atoms with Gasteiger partial charge in [-0.1, -0.05) is 24.3 Å². The Labute approximate surface area is 155 Å². The summed E-state index contributed by atoms with van der Waals surface area (Å²) in [5.41, 5.74) is 2.69. The quantitative estimate of drug-likeness (QED) is 0.579. The summed E-state index contributed by atoms with van der Waals surface area (Å²) in [5, 5.41) is 3.92. The molecular weight excluding hydrogens is 344 g/mol. The van der Waals surface area contributed by atoms with Crippen LogP contribution in [0.15, 0.2) is 52.6 Å². The van der Waals surface area contributed by atoms with E-state index in [1.165, 1.54) is 11.3 Å². The number of hydrogen-bond donors (Lipinski definition) is 1. The third-order valence-electron chi connectivity index (χ3n) is 4.33. The van der Waals surface area contributed by atoms with Crippen LogP contribution >= 0.6 is 11.3 Å². The lowest BCUT2D eigenvalue weighted by atomic mass is 9.97. The molecule has 0 spiro atoms. The first kappa shape index (κ1) is 16.8. The second-order valence-electron chi connectivity index (χ2n) is 6.41. The van der Waals surface area contributed by atoms with Gasteiger partial charge < -0.3 is 14.6 Å². The zero-order valence-corrected chi connectivity index (χ0v) is 15.5. The molecule has 0 amide bonds. The molecule has 131 valence electrons. The van der Waals surface area contributed by atoms with E-state index in [0.29, 0.717) is 6.61 Å². The van der Waals surface area contributed by atoms with Crippen molar-refractivity contribution in [3.63, 3.8) is 0 Å². The first-order valence-electron chi connectivity index (χ1n) is 8.46. The lowest BCUT2D eigenvalue weighted by Crippen LogP contribution is -2.19. The minimum absolute atomic E-state index is 0.0493. The summed E-state index contributed by atoms with van der Waals surface area (Å²) in [6.07, 6.45) is 0. The number of H-pyrrole nitrogens is 1. The molecule has 5 heteroatoms. The van der Waals surface area contributed by atoms with E-state index in [-0.39, 0.29) is 5.56 Å². The van der Waals surface area contributed by atoms with Gasteiger partial charge in [-0.25, -0.2) is 0 Å². The van der Waals surface area contributed by atoms with Crippen molar-refractivity contribution in [2.24, 2.45) is 0 Å². The summed E-state index contributed by atoms with van der Waals surface area (Å²) in [7, 11) is 4.05. The molecule has 1 radical (unpaired) electrons. The van der Waals surface area contributed by atoms with Gasteiger partial charge in [0, 0.05) is 28.4 Å². The molecule has 1 N–H and O–H groups in total. The Hall–Kier alpha value is -2.63. The number of pyridine rings is 1. The van der Waals surface area contributed by atoms with Gasteiger partial charge in [-0.15, -0.1) is 11.3 Å². The van der Waals surface area contributed by atoms with Crippen LogP contribution in [-0.4, -0.2) is 37.1 Å². The highest BCUT2D eigenvalue weighted by Gasteiger charge is 2.16. The molecule has 0 aliphatic rings. The molecule has 4 nitrogen and oxygen atoms in total. The van der Waals surface area contributed by atoms with Crippen LogP contribution in [0.2, 0.25) is 0 Å². The van der Waals surface area contributed by atoms with Gasteiger partial charge in [0.2, 0.25) is 0 Å². The van der Waals surface area contributed by atoms with Gasteiger partial charge >= 0.3 is 0 Å². The molecule has 0 aliphatic heterocycles. The van der Waals surface area contributed by atoms with E-state index in [4.69, 9.17) is 4.74 Å². The molecular formula is C21H19N2O2S. The van der Waals surface area contributed by atoms with Crippen molar-refractivity contribution in [2.75, 3.05) is 27.2 Å². The molecule has 0 bridgehead atoms. The van der Waals surface area contributed by atoms with Crippen LogP contribution in [-0.2, 0) is 0 Å². The number of fused-ring (bicyclic) bond motifs is 3. The molecule has 26 heavy (non-hydrogen) atoms. The van der Waals surface area contributed by atoms with Crippen molar-refractivity contribution in [1.82, 2.24) is 9.88 Å². The van der Waals surface area contributed by atoms with Crippen molar-refractivity contribution in [1.29, 1.82) is 0 Å². The smallest absolute Gasteiger partial charge is 0.266 e. The number of benzene rings is 2. The summed E-state index contributed by atoms with van der Waals surface area (Å²) < 4.78 is 6.85. The largest absolute Gasteiger partial charge is 0.492 e. The normalized spacial score (nSPS) is 11.5. The minimum Gasteiger partial charge on any atom is -0.492 e. The van der Waals surface area contributed by atoms with Crippen molar-refractivity contribution in [3.8, 4) is 16.9 Å². The molecule has 0 fully saturated rings. The summed E-state index contributed by atoms with van der Waals surface area (Å²) >= 11 is 1.46. The second-order valence-corrected chi connectivity index (χ2v) is 7.32. The Kier molecular flexibility index (Phi) is 4.49. The van der Waals surface area contributed by atoms with Crippen molar-refractivity contribution >= 4 is 32.3 Å². The Balaban J connectivity index is 1.99. The average molecular weight is 363 g/mol.